The van der Waals surface area contributed by atoms with Gasteiger partial charge in [0.2, 0.25) is 0 Å². The Morgan fingerprint density at radius 1 is 1.12 bits per heavy atom. The number of rotatable bonds is 0. The maximum atomic E-state index is 11.0. The number of aliphatic hydroxyl groups is 1. The highest BCUT2D eigenvalue weighted by molar-refractivity contribution is 5.31. The van der Waals surface area contributed by atoms with Gasteiger partial charge in [0.05, 0.1) is 5.60 Å². The van der Waals surface area contributed by atoms with Gasteiger partial charge in [-0.15, -0.1) is 0 Å². The third-order valence-electron chi connectivity index (χ3n) is 3.67. The molecule has 2 unspecified atom stereocenters. The van der Waals surface area contributed by atoms with Gasteiger partial charge in [0.15, 0.2) is 0 Å². The monoisotopic (exact) mass is 222 g/mol. The van der Waals surface area contributed by atoms with Crippen molar-refractivity contribution in [3.8, 4) is 0 Å². The highest BCUT2D eigenvalue weighted by atomic mass is 16.3. The van der Waals surface area contributed by atoms with Crippen molar-refractivity contribution in [2.45, 2.75) is 54.1 Å². The summed E-state index contributed by atoms with van der Waals surface area (Å²) in [5.41, 5.74) is 0.418. The molecular formula is C15H26O. The predicted molar refractivity (Wildman–Crippen MR) is 70.2 cm³/mol. The predicted octanol–water partition coefficient (Wildman–Crippen LogP) is 3.94. The minimum absolute atomic E-state index is 0.0629. The molecule has 1 aliphatic rings. The summed E-state index contributed by atoms with van der Waals surface area (Å²) < 4.78 is 0. The average molecular weight is 222 g/mol. The lowest BCUT2D eigenvalue weighted by Crippen LogP contribution is -2.53. The molecule has 0 bridgehead atoms. The lowest BCUT2D eigenvalue weighted by Gasteiger charge is -2.51. The van der Waals surface area contributed by atoms with E-state index in [0.29, 0.717) is 0 Å². The lowest BCUT2D eigenvalue weighted by atomic mass is 9.57. The molecule has 0 spiro atoms. The molecule has 0 aromatic heterocycles. The summed E-state index contributed by atoms with van der Waals surface area (Å²) in [4.78, 5) is 0. The Kier molecular flexibility index (Phi) is 3.15. The van der Waals surface area contributed by atoms with Crippen molar-refractivity contribution in [1.29, 1.82) is 0 Å². The summed E-state index contributed by atoms with van der Waals surface area (Å²) >= 11 is 0. The fourth-order valence-electron chi connectivity index (χ4n) is 2.91. The van der Waals surface area contributed by atoms with Crippen molar-refractivity contribution in [3.05, 3.63) is 23.8 Å². The van der Waals surface area contributed by atoms with E-state index in [2.05, 4.69) is 54.5 Å². The van der Waals surface area contributed by atoms with Crippen LogP contribution in [0.2, 0.25) is 0 Å². The number of hydrogen-bond donors (Lipinski definition) is 1. The molecule has 0 saturated carbocycles. The Labute approximate surface area is 100 Å². The first-order valence-electron chi connectivity index (χ1n) is 6.08. The third kappa shape index (κ3) is 2.10. The first-order chi connectivity index (χ1) is 7.00. The van der Waals surface area contributed by atoms with E-state index in [-0.39, 0.29) is 16.7 Å². The molecule has 0 saturated heterocycles. The SMILES string of the molecule is CC1=CC=CC(O)(C(C)(C)C)C1C(C)(C)C. The van der Waals surface area contributed by atoms with Gasteiger partial charge in [0.25, 0.3) is 0 Å². The van der Waals surface area contributed by atoms with Gasteiger partial charge >= 0.3 is 0 Å². The van der Waals surface area contributed by atoms with Gasteiger partial charge in [-0.05, 0) is 17.8 Å². The summed E-state index contributed by atoms with van der Waals surface area (Å²) in [6.45, 7) is 15.0. The summed E-state index contributed by atoms with van der Waals surface area (Å²) in [6.07, 6.45) is 6.08. The van der Waals surface area contributed by atoms with E-state index in [1.54, 1.807) is 0 Å². The van der Waals surface area contributed by atoms with Crippen LogP contribution in [-0.4, -0.2) is 10.7 Å². The van der Waals surface area contributed by atoms with Crippen LogP contribution < -0.4 is 0 Å². The van der Waals surface area contributed by atoms with Crippen LogP contribution in [0.1, 0.15) is 48.5 Å². The molecule has 1 N–H and O–H groups in total. The summed E-state index contributed by atoms with van der Waals surface area (Å²) in [5.74, 6) is 0.171. The van der Waals surface area contributed by atoms with Gasteiger partial charge in [0, 0.05) is 5.92 Å². The number of allylic oxidation sites excluding steroid dienone is 2. The third-order valence-corrected chi connectivity index (χ3v) is 3.67. The van der Waals surface area contributed by atoms with E-state index in [9.17, 15) is 5.11 Å². The molecule has 1 rings (SSSR count). The van der Waals surface area contributed by atoms with Crippen molar-refractivity contribution in [1.82, 2.24) is 0 Å². The van der Waals surface area contributed by atoms with Crippen LogP contribution in [0.4, 0.5) is 0 Å². The summed E-state index contributed by atoms with van der Waals surface area (Å²) in [7, 11) is 0. The van der Waals surface area contributed by atoms with E-state index >= 15 is 0 Å². The Morgan fingerprint density at radius 2 is 1.62 bits per heavy atom. The first kappa shape index (κ1) is 13.5. The molecule has 1 nitrogen and oxygen atoms in total. The topological polar surface area (TPSA) is 20.2 Å². The van der Waals surface area contributed by atoms with Crippen molar-refractivity contribution in [2.24, 2.45) is 16.7 Å². The standard InChI is InChI=1S/C15H26O/c1-11-9-8-10-15(16,14(5,6)7)12(11)13(2,3)4/h8-10,12,16H,1-7H3. The largest absolute Gasteiger partial charge is 0.385 e. The fraction of sp³-hybridized carbons (Fsp3) is 0.733. The highest BCUT2D eigenvalue weighted by Gasteiger charge is 2.50. The van der Waals surface area contributed by atoms with E-state index < -0.39 is 5.60 Å². The second kappa shape index (κ2) is 3.73. The Hall–Kier alpha value is -0.560. The Morgan fingerprint density at radius 3 is 1.94 bits per heavy atom. The van der Waals surface area contributed by atoms with E-state index in [1.165, 1.54) is 5.57 Å². The molecule has 2 atom stereocenters. The van der Waals surface area contributed by atoms with Gasteiger partial charge in [-0.2, -0.15) is 0 Å². The normalized spacial score (nSPS) is 31.5. The van der Waals surface area contributed by atoms with Crippen molar-refractivity contribution in [3.63, 3.8) is 0 Å². The summed E-state index contributed by atoms with van der Waals surface area (Å²) in [6, 6.07) is 0. The Balaban J connectivity index is 3.30. The smallest absolute Gasteiger partial charge is 0.0948 e. The second-order valence-electron chi connectivity index (χ2n) is 7.14. The van der Waals surface area contributed by atoms with Crippen molar-refractivity contribution in [2.75, 3.05) is 0 Å². The van der Waals surface area contributed by atoms with Gasteiger partial charge in [-0.3, -0.25) is 0 Å². The molecule has 1 heteroatoms. The molecule has 0 aromatic rings. The molecule has 16 heavy (non-hydrogen) atoms. The molecule has 0 amide bonds. The molecule has 0 heterocycles. The maximum absolute atomic E-state index is 11.0. The molecule has 0 aromatic carbocycles. The maximum Gasteiger partial charge on any atom is 0.0948 e. The quantitative estimate of drug-likeness (QED) is 0.658. The van der Waals surface area contributed by atoms with Crippen LogP contribution in [0.15, 0.2) is 23.8 Å². The van der Waals surface area contributed by atoms with Gasteiger partial charge in [0.1, 0.15) is 0 Å². The summed E-state index contributed by atoms with van der Waals surface area (Å²) in [5, 5.41) is 11.0. The molecular weight excluding hydrogens is 196 g/mol. The lowest BCUT2D eigenvalue weighted by molar-refractivity contribution is -0.0844. The van der Waals surface area contributed by atoms with Crippen LogP contribution in [0.25, 0.3) is 0 Å². The highest BCUT2D eigenvalue weighted by Crippen LogP contribution is 2.50. The van der Waals surface area contributed by atoms with E-state index in [1.807, 2.05) is 12.2 Å². The molecule has 0 fully saturated rings. The van der Waals surface area contributed by atoms with Crippen LogP contribution in [-0.2, 0) is 0 Å². The van der Waals surface area contributed by atoms with Crippen LogP contribution >= 0.6 is 0 Å². The van der Waals surface area contributed by atoms with Crippen LogP contribution in [0, 0.1) is 16.7 Å². The van der Waals surface area contributed by atoms with Crippen molar-refractivity contribution >= 4 is 0 Å². The fourth-order valence-corrected chi connectivity index (χ4v) is 2.91. The van der Waals surface area contributed by atoms with E-state index in [0.717, 1.165) is 0 Å². The zero-order valence-electron chi connectivity index (χ0n) is 11.8. The average Bonchev–Trinajstić information content (AvgIpc) is 1.98. The van der Waals surface area contributed by atoms with Crippen LogP contribution in [0.5, 0.6) is 0 Å². The molecule has 0 aliphatic heterocycles. The minimum Gasteiger partial charge on any atom is -0.385 e. The van der Waals surface area contributed by atoms with Crippen molar-refractivity contribution < 1.29 is 5.11 Å². The zero-order chi connectivity index (χ0) is 12.8. The van der Waals surface area contributed by atoms with Gasteiger partial charge < -0.3 is 5.11 Å². The minimum atomic E-state index is -0.760. The first-order valence-corrected chi connectivity index (χ1v) is 6.08. The van der Waals surface area contributed by atoms with Crippen LogP contribution in [0.3, 0.4) is 0 Å². The van der Waals surface area contributed by atoms with E-state index in [4.69, 9.17) is 0 Å². The molecule has 1 aliphatic carbocycles. The second-order valence-corrected chi connectivity index (χ2v) is 7.14. The molecule has 92 valence electrons. The van der Waals surface area contributed by atoms with Gasteiger partial charge in [-0.25, -0.2) is 0 Å². The number of hydrogen-bond acceptors (Lipinski definition) is 1. The molecule has 0 radical (unpaired) electrons. The van der Waals surface area contributed by atoms with Gasteiger partial charge in [-0.1, -0.05) is 65.3 Å². The zero-order valence-corrected chi connectivity index (χ0v) is 11.8. The Bertz CT molecular complexity index is 322.